The van der Waals surface area contributed by atoms with Crippen LogP contribution in [0.25, 0.3) is 6.08 Å². The van der Waals surface area contributed by atoms with Gasteiger partial charge in [0.05, 0.1) is 6.61 Å². The summed E-state index contributed by atoms with van der Waals surface area (Å²) in [5.41, 5.74) is 4.06. The molecule has 0 bridgehead atoms. The smallest absolute Gasteiger partial charge is 0.197 e. The molecule has 0 heterocycles. The molecule has 4 aliphatic rings. The lowest BCUT2D eigenvalue weighted by Crippen LogP contribution is -2.37. The SMILES string of the molecule is CCC(C)C1CC=Cc2c(OC(C)OCC3C4C=CC=CC4=CC4C=CC=CC43)cccc21. The minimum atomic E-state index is -0.298. The Kier molecular flexibility index (Phi) is 6.55. The molecule has 0 aromatic heterocycles. The number of allylic oxidation sites excluding steroid dienone is 11. The van der Waals surface area contributed by atoms with Crippen molar-refractivity contribution in [1.82, 2.24) is 0 Å². The molecule has 7 atom stereocenters. The molecule has 0 saturated carbocycles. The molecule has 2 nitrogen and oxygen atoms in total. The van der Waals surface area contributed by atoms with Crippen molar-refractivity contribution in [1.29, 1.82) is 0 Å². The van der Waals surface area contributed by atoms with Crippen molar-refractivity contribution < 1.29 is 9.47 Å². The van der Waals surface area contributed by atoms with E-state index in [9.17, 15) is 0 Å². The zero-order chi connectivity index (χ0) is 22.8. The van der Waals surface area contributed by atoms with E-state index in [1.807, 2.05) is 6.92 Å². The number of hydrogen-bond acceptors (Lipinski definition) is 2. The molecule has 0 spiro atoms. The lowest BCUT2D eigenvalue weighted by molar-refractivity contribution is -0.0880. The fraction of sp³-hybridized carbons (Fsp3) is 0.419. The van der Waals surface area contributed by atoms with Crippen LogP contribution in [0, 0.1) is 29.6 Å². The number of benzene rings is 1. The van der Waals surface area contributed by atoms with Crippen LogP contribution in [0.2, 0.25) is 0 Å². The molecular weight excluding hydrogens is 404 g/mol. The fourth-order valence-corrected chi connectivity index (χ4v) is 5.95. The first-order valence-electron chi connectivity index (χ1n) is 12.6. The maximum absolute atomic E-state index is 6.39. The van der Waals surface area contributed by atoms with Crippen molar-refractivity contribution in [3.8, 4) is 5.75 Å². The van der Waals surface area contributed by atoms with Gasteiger partial charge in [0.25, 0.3) is 0 Å². The Hall–Kier alpha value is -2.58. The predicted octanol–water partition coefficient (Wildman–Crippen LogP) is 7.63. The fourth-order valence-electron chi connectivity index (χ4n) is 5.95. The second-order valence-corrected chi connectivity index (χ2v) is 9.93. The van der Waals surface area contributed by atoms with Gasteiger partial charge in [-0.05, 0) is 54.2 Å². The summed E-state index contributed by atoms with van der Waals surface area (Å²) in [6.07, 6.45) is 26.9. The van der Waals surface area contributed by atoms with Gasteiger partial charge in [0.2, 0.25) is 0 Å². The van der Waals surface area contributed by atoms with E-state index in [2.05, 4.69) is 98.9 Å². The lowest BCUT2D eigenvalue weighted by atomic mass is 9.65. The molecule has 172 valence electrons. The lowest BCUT2D eigenvalue weighted by Gasteiger charge is -2.41. The first-order chi connectivity index (χ1) is 16.2. The first-order valence-corrected chi connectivity index (χ1v) is 12.6. The standard InChI is InChI=1S/C31H36O2/c1-4-21(2)25-15-9-17-29-28(25)16-10-18-31(29)33-22(3)32-20-30-26-13-7-5-11-23(26)19-24-12-6-8-14-27(24)30/h5-14,16-19,21-23,25-27,30H,4,15,20H2,1-3H3. The average Bonchev–Trinajstić information content (AvgIpc) is 2.86. The summed E-state index contributed by atoms with van der Waals surface area (Å²) in [7, 11) is 0. The van der Waals surface area contributed by atoms with Crippen molar-refractivity contribution in [2.24, 2.45) is 29.6 Å². The van der Waals surface area contributed by atoms with Crippen molar-refractivity contribution >= 4 is 6.08 Å². The number of fused-ring (bicyclic) bond motifs is 3. The molecule has 2 heteroatoms. The molecule has 0 amide bonds. The normalized spacial score (nSPS) is 30.8. The molecule has 5 rings (SSSR count). The van der Waals surface area contributed by atoms with Crippen LogP contribution >= 0.6 is 0 Å². The molecule has 0 aliphatic heterocycles. The van der Waals surface area contributed by atoms with Gasteiger partial charge < -0.3 is 9.47 Å². The topological polar surface area (TPSA) is 18.5 Å². The largest absolute Gasteiger partial charge is 0.465 e. The zero-order valence-corrected chi connectivity index (χ0v) is 20.1. The minimum absolute atomic E-state index is 0.298. The Bertz CT molecular complexity index is 1040. The van der Waals surface area contributed by atoms with E-state index in [0.717, 1.165) is 12.2 Å². The van der Waals surface area contributed by atoms with Crippen LogP contribution in [0.4, 0.5) is 0 Å². The van der Waals surface area contributed by atoms with Crippen LogP contribution in [0.5, 0.6) is 5.75 Å². The zero-order valence-electron chi connectivity index (χ0n) is 20.1. The maximum atomic E-state index is 6.39. The van der Waals surface area contributed by atoms with Gasteiger partial charge in [-0.1, -0.05) is 99.2 Å². The monoisotopic (exact) mass is 440 g/mol. The summed E-state index contributed by atoms with van der Waals surface area (Å²) in [4.78, 5) is 0. The quantitative estimate of drug-likeness (QED) is 0.406. The molecule has 1 aromatic rings. The third kappa shape index (κ3) is 4.46. The highest BCUT2D eigenvalue weighted by Crippen LogP contribution is 2.44. The molecule has 0 saturated heterocycles. The molecule has 7 unspecified atom stereocenters. The van der Waals surface area contributed by atoms with E-state index < -0.39 is 0 Å². The van der Waals surface area contributed by atoms with Gasteiger partial charge in [0, 0.05) is 17.4 Å². The number of ether oxygens (including phenoxy) is 2. The molecule has 1 aromatic carbocycles. The highest BCUT2D eigenvalue weighted by atomic mass is 16.7. The van der Waals surface area contributed by atoms with Crippen LogP contribution in [0.1, 0.15) is 50.7 Å². The van der Waals surface area contributed by atoms with Gasteiger partial charge in [-0.25, -0.2) is 0 Å². The van der Waals surface area contributed by atoms with Crippen molar-refractivity contribution in [3.05, 3.63) is 95.7 Å². The van der Waals surface area contributed by atoms with Crippen LogP contribution < -0.4 is 4.74 Å². The Morgan fingerprint density at radius 2 is 1.85 bits per heavy atom. The van der Waals surface area contributed by atoms with Gasteiger partial charge in [0.15, 0.2) is 6.29 Å². The van der Waals surface area contributed by atoms with Crippen molar-refractivity contribution in [3.63, 3.8) is 0 Å². The first kappa shape index (κ1) is 22.2. The Morgan fingerprint density at radius 3 is 2.73 bits per heavy atom. The second-order valence-electron chi connectivity index (χ2n) is 9.93. The van der Waals surface area contributed by atoms with E-state index >= 15 is 0 Å². The van der Waals surface area contributed by atoms with Crippen molar-refractivity contribution in [2.75, 3.05) is 6.61 Å². The predicted molar refractivity (Wildman–Crippen MR) is 137 cm³/mol. The highest BCUT2D eigenvalue weighted by Gasteiger charge is 2.37. The van der Waals surface area contributed by atoms with Crippen molar-refractivity contribution in [2.45, 2.75) is 45.8 Å². The average molecular weight is 441 g/mol. The van der Waals surface area contributed by atoms with Gasteiger partial charge in [-0.2, -0.15) is 0 Å². The van der Waals surface area contributed by atoms with Gasteiger partial charge in [0.1, 0.15) is 5.75 Å². The van der Waals surface area contributed by atoms with E-state index in [0.29, 0.717) is 42.1 Å². The number of rotatable bonds is 7. The third-order valence-corrected chi connectivity index (χ3v) is 7.99. The molecule has 4 aliphatic carbocycles. The van der Waals surface area contributed by atoms with Gasteiger partial charge in [-0.3, -0.25) is 0 Å². The second kappa shape index (κ2) is 9.73. The van der Waals surface area contributed by atoms with E-state index in [4.69, 9.17) is 9.47 Å². The van der Waals surface area contributed by atoms with Gasteiger partial charge >= 0.3 is 0 Å². The van der Waals surface area contributed by atoms with E-state index in [1.54, 1.807) is 0 Å². The van der Waals surface area contributed by atoms with Gasteiger partial charge in [-0.15, -0.1) is 0 Å². The third-order valence-electron chi connectivity index (χ3n) is 7.99. The summed E-state index contributed by atoms with van der Waals surface area (Å²) in [5.74, 6) is 3.89. The van der Waals surface area contributed by atoms with E-state index in [1.165, 1.54) is 23.1 Å². The highest BCUT2D eigenvalue weighted by molar-refractivity contribution is 5.64. The molecular formula is C31H36O2. The Balaban J connectivity index is 1.29. The maximum Gasteiger partial charge on any atom is 0.197 e. The summed E-state index contributed by atoms with van der Waals surface area (Å²) in [6, 6.07) is 6.50. The van der Waals surface area contributed by atoms with E-state index in [-0.39, 0.29) is 6.29 Å². The minimum Gasteiger partial charge on any atom is -0.465 e. The summed E-state index contributed by atoms with van der Waals surface area (Å²) < 4.78 is 12.8. The summed E-state index contributed by atoms with van der Waals surface area (Å²) in [5, 5.41) is 0. The van der Waals surface area contributed by atoms with Crippen LogP contribution in [-0.4, -0.2) is 12.9 Å². The summed E-state index contributed by atoms with van der Waals surface area (Å²) >= 11 is 0. The molecule has 33 heavy (non-hydrogen) atoms. The molecule has 0 N–H and O–H groups in total. The van der Waals surface area contributed by atoms with Crippen LogP contribution in [0.15, 0.2) is 84.5 Å². The number of hydrogen-bond donors (Lipinski definition) is 0. The molecule has 0 radical (unpaired) electrons. The molecule has 0 fully saturated rings. The Morgan fingerprint density at radius 1 is 1.00 bits per heavy atom. The summed E-state index contributed by atoms with van der Waals surface area (Å²) in [6.45, 7) is 7.35. The van der Waals surface area contributed by atoms with Crippen LogP contribution in [-0.2, 0) is 4.74 Å². The van der Waals surface area contributed by atoms with Crippen LogP contribution in [0.3, 0.4) is 0 Å². The Labute approximate surface area is 199 Å².